The van der Waals surface area contributed by atoms with Crippen molar-refractivity contribution in [2.45, 2.75) is 83.1 Å². The maximum absolute atomic E-state index is 13.0. The highest BCUT2D eigenvalue weighted by molar-refractivity contribution is 5.83. The maximum atomic E-state index is 13.0. The third kappa shape index (κ3) is 2.29. The van der Waals surface area contributed by atoms with Gasteiger partial charge in [0.15, 0.2) is 0 Å². The highest BCUT2D eigenvalue weighted by atomic mass is 16.2. The van der Waals surface area contributed by atoms with E-state index >= 15 is 0 Å². The van der Waals surface area contributed by atoms with Gasteiger partial charge in [-0.3, -0.25) is 4.79 Å². The first-order valence-corrected chi connectivity index (χ1v) is 9.04. The Labute approximate surface area is 123 Å². The smallest absolute Gasteiger partial charge is 0.226 e. The minimum absolute atomic E-state index is 0.0461. The molecule has 112 valence electrons. The van der Waals surface area contributed by atoms with Gasteiger partial charge in [-0.05, 0) is 62.7 Å². The molecule has 0 unspecified atom stereocenters. The Bertz CT molecular complexity index is 369. The fourth-order valence-corrected chi connectivity index (χ4v) is 6.05. The van der Waals surface area contributed by atoms with Gasteiger partial charge in [0.1, 0.15) is 0 Å². The Hall–Kier alpha value is -0.530. The molecule has 0 aromatic heterocycles. The van der Waals surface area contributed by atoms with Crippen LogP contribution < -0.4 is 5.32 Å². The maximum Gasteiger partial charge on any atom is 0.226 e. The van der Waals surface area contributed by atoms with E-state index in [1.807, 2.05) is 0 Å². The molecule has 0 aromatic carbocycles. The van der Waals surface area contributed by atoms with Crippen molar-refractivity contribution >= 4 is 5.91 Å². The van der Waals surface area contributed by atoms with Crippen LogP contribution in [0.15, 0.2) is 0 Å². The van der Waals surface area contributed by atoms with E-state index in [-0.39, 0.29) is 5.41 Å². The lowest BCUT2D eigenvalue weighted by molar-refractivity contribution is -0.139. The first kappa shape index (κ1) is 13.2. The topological polar surface area (TPSA) is 29.1 Å². The second-order valence-electron chi connectivity index (χ2n) is 8.35. The molecule has 0 saturated heterocycles. The van der Waals surface area contributed by atoms with Crippen LogP contribution in [0.4, 0.5) is 0 Å². The van der Waals surface area contributed by atoms with Crippen molar-refractivity contribution in [3.05, 3.63) is 0 Å². The van der Waals surface area contributed by atoms with E-state index in [0.717, 1.165) is 17.8 Å². The summed E-state index contributed by atoms with van der Waals surface area (Å²) in [4.78, 5) is 13.0. The van der Waals surface area contributed by atoms with Crippen molar-refractivity contribution in [2.75, 3.05) is 0 Å². The molecule has 2 heteroatoms. The molecule has 5 aliphatic carbocycles. The number of hydrogen-bond acceptors (Lipinski definition) is 1. The van der Waals surface area contributed by atoms with Crippen LogP contribution in [0.25, 0.3) is 0 Å². The van der Waals surface area contributed by atoms with Crippen molar-refractivity contribution in [2.24, 2.45) is 23.2 Å². The van der Waals surface area contributed by atoms with Crippen LogP contribution in [0, 0.1) is 23.2 Å². The summed E-state index contributed by atoms with van der Waals surface area (Å²) in [6.45, 7) is 0. The van der Waals surface area contributed by atoms with Gasteiger partial charge in [-0.2, -0.15) is 0 Å². The fourth-order valence-electron chi connectivity index (χ4n) is 6.05. The van der Waals surface area contributed by atoms with Gasteiger partial charge in [0, 0.05) is 11.5 Å². The monoisotopic (exact) mass is 275 g/mol. The van der Waals surface area contributed by atoms with E-state index in [1.54, 1.807) is 0 Å². The Morgan fingerprint density at radius 1 is 0.800 bits per heavy atom. The van der Waals surface area contributed by atoms with E-state index in [2.05, 4.69) is 5.32 Å². The SMILES string of the molecule is O=C(NC1CCCCC1)C12CC3C[C@H](CC[C@@H](C3)C1)C2. The summed E-state index contributed by atoms with van der Waals surface area (Å²) in [5.41, 5.74) is 0.0461. The van der Waals surface area contributed by atoms with Gasteiger partial charge < -0.3 is 5.32 Å². The summed E-state index contributed by atoms with van der Waals surface area (Å²) in [7, 11) is 0. The summed E-state index contributed by atoms with van der Waals surface area (Å²) >= 11 is 0. The van der Waals surface area contributed by atoms with Crippen molar-refractivity contribution in [3.8, 4) is 0 Å². The molecule has 0 heterocycles. The van der Waals surface area contributed by atoms with Crippen LogP contribution in [0.2, 0.25) is 0 Å². The minimum atomic E-state index is 0.0461. The highest BCUT2D eigenvalue weighted by Gasteiger charge is 2.52. The van der Waals surface area contributed by atoms with Crippen molar-refractivity contribution in [3.63, 3.8) is 0 Å². The van der Waals surface area contributed by atoms with E-state index in [4.69, 9.17) is 0 Å². The Balaban J connectivity index is 1.49. The zero-order valence-electron chi connectivity index (χ0n) is 12.7. The molecule has 1 amide bonds. The summed E-state index contributed by atoms with van der Waals surface area (Å²) in [5.74, 6) is 3.04. The molecule has 2 nitrogen and oxygen atoms in total. The van der Waals surface area contributed by atoms with Gasteiger partial charge in [-0.15, -0.1) is 0 Å². The molecule has 0 spiro atoms. The van der Waals surface area contributed by atoms with Crippen molar-refractivity contribution < 1.29 is 4.79 Å². The Morgan fingerprint density at radius 2 is 1.40 bits per heavy atom. The Kier molecular flexibility index (Phi) is 3.31. The first-order valence-electron chi connectivity index (χ1n) is 9.04. The zero-order valence-corrected chi connectivity index (χ0v) is 12.7. The molecule has 4 bridgehead atoms. The molecule has 20 heavy (non-hydrogen) atoms. The number of hydrogen-bond donors (Lipinski definition) is 1. The van der Waals surface area contributed by atoms with E-state index < -0.39 is 0 Å². The van der Waals surface area contributed by atoms with Crippen LogP contribution in [-0.4, -0.2) is 11.9 Å². The molecule has 0 radical (unpaired) electrons. The fraction of sp³-hybridized carbons (Fsp3) is 0.944. The quantitative estimate of drug-likeness (QED) is 0.809. The third-order valence-electron chi connectivity index (χ3n) is 6.78. The van der Waals surface area contributed by atoms with Crippen LogP contribution in [0.5, 0.6) is 0 Å². The van der Waals surface area contributed by atoms with Crippen LogP contribution in [0.3, 0.4) is 0 Å². The van der Waals surface area contributed by atoms with Crippen molar-refractivity contribution in [1.82, 2.24) is 5.32 Å². The van der Waals surface area contributed by atoms with Gasteiger partial charge in [0.2, 0.25) is 5.91 Å². The van der Waals surface area contributed by atoms with E-state index in [0.29, 0.717) is 11.9 Å². The molecule has 5 fully saturated rings. The standard InChI is InChI=1S/C18H29NO/c20-17(19-16-4-2-1-3-5-16)18-10-13-6-7-14(11-18)9-15(8-13)12-18/h13-16H,1-12H2,(H,19,20)/t13-,14-,15?,18?/m0/s1. The van der Waals surface area contributed by atoms with Gasteiger partial charge in [-0.25, -0.2) is 0 Å². The van der Waals surface area contributed by atoms with Gasteiger partial charge >= 0.3 is 0 Å². The molecule has 2 atom stereocenters. The summed E-state index contributed by atoms with van der Waals surface area (Å²) in [5, 5.41) is 3.46. The number of fused-ring (bicyclic) bond motifs is 1. The zero-order chi connectivity index (χ0) is 13.6. The summed E-state index contributed by atoms with van der Waals surface area (Å²) < 4.78 is 0. The molecule has 5 aliphatic rings. The van der Waals surface area contributed by atoms with Gasteiger partial charge in [-0.1, -0.05) is 32.1 Å². The minimum Gasteiger partial charge on any atom is -0.353 e. The third-order valence-corrected chi connectivity index (χ3v) is 6.78. The molecular formula is C18H29NO. The first-order chi connectivity index (χ1) is 9.73. The van der Waals surface area contributed by atoms with Crippen molar-refractivity contribution in [1.29, 1.82) is 0 Å². The lowest BCUT2D eigenvalue weighted by Gasteiger charge is -2.47. The number of carbonyl (C=O) groups excluding carboxylic acids is 1. The number of carbonyl (C=O) groups is 1. The van der Waals surface area contributed by atoms with Crippen LogP contribution >= 0.6 is 0 Å². The molecule has 0 aliphatic heterocycles. The summed E-state index contributed by atoms with van der Waals surface area (Å²) in [6.07, 6.45) is 15.7. The normalized spacial score (nSPS) is 44.3. The predicted molar refractivity (Wildman–Crippen MR) is 80.2 cm³/mol. The predicted octanol–water partition coefficient (Wildman–Crippen LogP) is 4.04. The van der Waals surface area contributed by atoms with Crippen LogP contribution in [-0.2, 0) is 4.79 Å². The van der Waals surface area contributed by atoms with Crippen LogP contribution in [0.1, 0.15) is 77.0 Å². The van der Waals surface area contributed by atoms with E-state index in [1.165, 1.54) is 77.0 Å². The average Bonchev–Trinajstić information content (AvgIpc) is 2.66. The lowest BCUT2D eigenvalue weighted by atomic mass is 9.58. The molecule has 0 aromatic rings. The lowest BCUT2D eigenvalue weighted by Crippen LogP contribution is -2.51. The summed E-state index contributed by atoms with van der Waals surface area (Å²) in [6, 6.07) is 0.491. The number of nitrogens with one attached hydrogen (secondary N) is 1. The van der Waals surface area contributed by atoms with Gasteiger partial charge in [0.05, 0.1) is 0 Å². The molecular weight excluding hydrogens is 246 g/mol. The van der Waals surface area contributed by atoms with E-state index in [9.17, 15) is 4.79 Å². The van der Waals surface area contributed by atoms with Gasteiger partial charge in [0.25, 0.3) is 0 Å². The largest absolute Gasteiger partial charge is 0.353 e. The Morgan fingerprint density at radius 3 is 2.05 bits per heavy atom. The second kappa shape index (κ2) is 5.03. The second-order valence-corrected chi connectivity index (χ2v) is 8.35. The molecule has 5 saturated carbocycles. The molecule has 1 N–H and O–H groups in total. The highest BCUT2D eigenvalue weighted by Crippen LogP contribution is 2.57. The number of rotatable bonds is 2. The molecule has 5 rings (SSSR count). The average molecular weight is 275 g/mol. The number of amides is 1.